The Hall–Kier alpha value is -1.73. The Morgan fingerprint density at radius 1 is 1.41 bits per heavy atom. The van der Waals surface area contributed by atoms with E-state index in [1.165, 1.54) is 0 Å². The van der Waals surface area contributed by atoms with Gasteiger partial charge in [0.05, 0.1) is 10.5 Å². The molecule has 1 aromatic carbocycles. The number of nitrogens with zero attached hydrogens (tertiary/aromatic N) is 2. The van der Waals surface area contributed by atoms with E-state index in [1.54, 1.807) is 0 Å². The van der Waals surface area contributed by atoms with Gasteiger partial charge >= 0.3 is 6.18 Å². The Kier molecular flexibility index (Phi) is 3.64. The Balaban J connectivity index is 3.69. The molecule has 0 spiro atoms. The molecule has 1 rings (SSSR count). The molecule has 5 nitrogen and oxygen atoms in total. The smallest absolute Gasteiger partial charge is 0.258 e. The predicted molar refractivity (Wildman–Crippen MR) is 53.6 cm³/mol. The lowest BCUT2D eigenvalue weighted by atomic mass is 10.1. The molecule has 0 atom stereocenters. The molecule has 90 valence electrons. The van der Waals surface area contributed by atoms with Crippen molar-refractivity contribution in [3.05, 3.63) is 32.3 Å². The largest absolute Gasteiger partial charge is 0.418 e. The van der Waals surface area contributed by atoms with Gasteiger partial charge in [-0.1, -0.05) is 15.9 Å². The van der Waals surface area contributed by atoms with Gasteiger partial charge in [-0.2, -0.15) is 18.2 Å². The molecule has 0 fully saturated rings. The summed E-state index contributed by atoms with van der Waals surface area (Å²) in [6.45, 7) is 0. The highest BCUT2D eigenvalue weighted by molar-refractivity contribution is 9.10. The maximum absolute atomic E-state index is 12.6. The van der Waals surface area contributed by atoms with Gasteiger partial charge in [-0.3, -0.25) is 10.1 Å². The first kappa shape index (κ1) is 13.3. The van der Waals surface area contributed by atoms with E-state index in [1.807, 2.05) is 0 Å². The second kappa shape index (κ2) is 4.64. The van der Waals surface area contributed by atoms with Crippen molar-refractivity contribution in [1.82, 2.24) is 0 Å². The lowest BCUT2D eigenvalue weighted by Crippen LogP contribution is -2.06. The van der Waals surface area contributed by atoms with Gasteiger partial charge in [0.2, 0.25) is 6.08 Å². The van der Waals surface area contributed by atoms with Crippen LogP contribution >= 0.6 is 15.9 Å². The summed E-state index contributed by atoms with van der Waals surface area (Å²) in [5.41, 5.74) is -3.35. The molecular formula is C8H2BrF3N2O3. The molecule has 0 radical (unpaired) electrons. The molecule has 9 heteroatoms. The SMILES string of the molecule is O=C=Nc1c([N+](=O)[O-])cc(Br)cc1C(F)(F)F. The number of isocyanates is 1. The summed E-state index contributed by atoms with van der Waals surface area (Å²) >= 11 is 2.71. The summed E-state index contributed by atoms with van der Waals surface area (Å²) in [6.07, 6.45) is -3.99. The molecule has 0 aliphatic rings. The number of alkyl halides is 3. The number of nitro benzene ring substituents is 1. The van der Waals surface area contributed by atoms with E-state index in [0.29, 0.717) is 6.07 Å². The Bertz CT molecular complexity index is 523. The molecule has 0 N–H and O–H groups in total. The zero-order chi connectivity index (χ0) is 13.2. The van der Waals surface area contributed by atoms with Crippen LogP contribution in [0.1, 0.15) is 5.56 Å². The molecule has 1 aromatic rings. The lowest BCUT2D eigenvalue weighted by molar-refractivity contribution is -0.384. The summed E-state index contributed by atoms with van der Waals surface area (Å²) < 4.78 is 37.5. The fourth-order valence-corrected chi connectivity index (χ4v) is 1.55. The first-order valence-electron chi connectivity index (χ1n) is 3.90. The molecule has 0 bridgehead atoms. The van der Waals surface area contributed by atoms with E-state index in [2.05, 4.69) is 20.9 Å². The summed E-state index contributed by atoms with van der Waals surface area (Å²) in [7, 11) is 0. The van der Waals surface area contributed by atoms with Crippen LogP contribution < -0.4 is 0 Å². The average molecular weight is 311 g/mol. The quantitative estimate of drug-likeness (QED) is 0.364. The number of halogens is 4. The van der Waals surface area contributed by atoms with Crippen LogP contribution in [-0.2, 0) is 11.0 Å². The van der Waals surface area contributed by atoms with Crippen molar-refractivity contribution in [2.75, 3.05) is 0 Å². The van der Waals surface area contributed by atoms with Crippen molar-refractivity contribution in [2.24, 2.45) is 4.99 Å². The topological polar surface area (TPSA) is 72.6 Å². The third kappa shape index (κ3) is 2.89. The summed E-state index contributed by atoms with van der Waals surface area (Å²) in [4.78, 5) is 22.3. The van der Waals surface area contributed by atoms with Crippen molar-refractivity contribution in [3.63, 3.8) is 0 Å². The third-order valence-corrected chi connectivity index (χ3v) is 2.17. The Morgan fingerprint density at radius 2 is 2.00 bits per heavy atom. The van der Waals surface area contributed by atoms with Crippen molar-refractivity contribution in [3.8, 4) is 0 Å². The minimum atomic E-state index is -4.86. The number of benzene rings is 1. The van der Waals surface area contributed by atoms with Crippen molar-refractivity contribution < 1.29 is 22.9 Å². The number of hydrogen-bond acceptors (Lipinski definition) is 4. The molecule has 0 aliphatic heterocycles. The molecule has 0 saturated carbocycles. The number of nitro groups is 1. The minimum absolute atomic E-state index is 0.138. The Labute approximate surface area is 100 Å². The first-order chi connectivity index (χ1) is 7.77. The molecule has 0 heterocycles. The van der Waals surface area contributed by atoms with Gasteiger partial charge in [0, 0.05) is 10.5 Å². The number of aliphatic imine (C=N–C) groups is 1. The van der Waals surface area contributed by atoms with E-state index in [9.17, 15) is 28.1 Å². The molecule has 0 amide bonds. The third-order valence-electron chi connectivity index (χ3n) is 1.71. The fraction of sp³-hybridized carbons (Fsp3) is 0.125. The molecule has 0 aromatic heterocycles. The Morgan fingerprint density at radius 3 is 2.41 bits per heavy atom. The van der Waals surface area contributed by atoms with Gasteiger partial charge in [0.1, 0.15) is 0 Å². The highest BCUT2D eigenvalue weighted by Gasteiger charge is 2.37. The minimum Gasteiger partial charge on any atom is -0.258 e. The van der Waals surface area contributed by atoms with Gasteiger partial charge in [-0.15, -0.1) is 0 Å². The van der Waals surface area contributed by atoms with Crippen LogP contribution in [0.2, 0.25) is 0 Å². The van der Waals surface area contributed by atoms with Gasteiger partial charge in [0.15, 0.2) is 5.69 Å². The van der Waals surface area contributed by atoms with Crippen molar-refractivity contribution in [2.45, 2.75) is 6.18 Å². The van der Waals surface area contributed by atoms with E-state index in [4.69, 9.17) is 0 Å². The van der Waals surface area contributed by atoms with E-state index < -0.39 is 28.0 Å². The van der Waals surface area contributed by atoms with Crippen LogP contribution in [-0.4, -0.2) is 11.0 Å². The van der Waals surface area contributed by atoms with Gasteiger partial charge in [-0.05, 0) is 6.07 Å². The van der Waals surface area contributed by atoms with Crippen LogP contribution in [0.15, 0.2) is 21.6 Å². The zero-order valence-electron chi connectivity index (χ0n) is 7.79. The number of rotatable bonds is 2. The van der Waals surface area contributed by atoms with Crippen molar-refractivity contribution in [1.29, 1.82) is 0 Å². The predicted octanol–water partition coefficient (Wildman–Crippen LogP) is 3.34. The molecule has 0 aliphatic carbocycles. The summed E-state index contributed by atoms with van der Waals surface area (Å²) in [5.74, 6) is 0. The highest BCUT2D eigenvalue weighted by Crippen LogP contribution is 2.43. The molecule has 0 unspecified atom stereocenters. The van der Waals surface area contributed by atoms with Crippen molar-refractivity contribution >= 4 is 33.4 Å². The maximum Gasteiger partial charge on any atom is 0.418 e. The van der Waals surface area contributed by atoms with Crippen LogP contribution in [0.4, 0.5) is 24.5 Å². The monoisotopic (exact) mass is 310 g/mol. The standard InChI is InChI=1S/C8H2BrF3N2O3/c9-4-1-5(8(10,11)12)7(13-3-15)6(2-4)14(16)17/h1-2H. The van der Waals surface area contributed by atoms with Gasteiger partial charge in [-0.25, -0.2) is 4.79 Å². The number of carbonyl (C=O) groups excluding carboxylic acids is 1. The van der Waals surface area contributed by atoms with Crippen LogP contribution in [0.25, 0.3) is 0 Å². The molecule has 0 saturated heterocycles. The van der Waals surface area contributed by atoms with E-state index in [0.717, 1.165) is 12.1 Å². The van der Waals surface area contributed by atoms with E-state index in [-0.39, 0.29) is 4.47 Å². The maximum atomic E-state index is 12.6. The van der Waals surface area contributed by atoms with Crippen LogP contribution in [0, 0.1) is 10.1 Å². The lowest BCUT2D eigenvalue weighted by Gasteiger charge is -2.09. The second-order valence-corrected chi connectivity index (χ2v) is 3.69. The first-order valence-corrected chi connectivity index (χ1v) is 4.69. The van der Waals surface area contributed by atoms with Gasteiger partial charge in [0.25, 0.3) is 5.69 Å². The highest BCUT2D eigenvalue weighted by atomic mass is 79.9. The molecular weight excluding hydrogens is 309 g/mol. The van der Waals surface area contributed by atoms with E-state index >= 15 is 0 Å². The fourth-order valence-electron chi connectivity index (χ4n) is 1.10. The zero-order valence-corrected chi connectivity index (χ0v) is 9.37. The second-order valence-electron chi connectivity index (χ2n) is 2.78. The summed E-state index contributed by atoms with van der Waals surface area (Å²) in [6, 6.07) is 1.43. The van der Waals surface area contributed by atoms with Gasteiger partial charge < -0.3 is 0 Å². The van der Waals surface area contributed by atoms with Crippen LogP contribution in [0.5, 0.6) is 0 Å². The summed E-state index contributed by atoms with van der Waals surface area (Å²) in [5, 5.41) is 10.6. The average Bonchev–Trinajstić information content (AvgIpc) is 2.18. The van der Waals surface area contributed by atoms with Crippen LogP contribution in [0.3, 0.4) is 0 Å². The number of hydrogen-bond donors (Lipinski definition) is 0. The molecule has 17 heavy (non-hydrogen) atoms. The normalized spacial score (nSPS) is 10.8.